The van der Waals surface area contributed by atoms with Crippen LogP contribution in [-0.4, -0.2) is 21.1 Å². The first-order chi connectivity index (χ1) is 14.7. The number of anilines is 1. The highest BCUT2D eigenvalue weighted by Crippen LogP contribution is 2.32. The van der Waals surface area contributed by atoms with Gasteiger partial charge in [-0.05, 0) is 62.8 Å². The first kappa shape index (κ1) is 21.2. The summed E-state index contributed by atoms with van der Waals surface area (Å²) in [4.78, 5) is 31.5. The molecule has 0 unspecified atom stereocenters. The van der Waals surface area contributed by atoms with E-state index in [9.17, 15) is 14.0 Å². The molecule has 1 N–H and O–H groups in total. The molecular weight excluding hydrogens is 417 g/mol. The lowest BCUT2D eigenvalue weighted by Crippen LogP contribution is -2.35. The molecule has 1 aliphatic heterocycles. The number of benzene rings is 1. The van der Waals surface area contributed by atoms with E-state index in [1.54, 1.807) is 32.9 Å². The highest BCUT2D eigenvalue weighted by Gasteiger charge is 2.27. The van der Waals surface area contributed by atoms with Crippen molar-refractivity contribution < 1.29 is 13.9 Å². The van der Waals surface area contributed by atoms with Crippen molar-refractivity contribution in [2.45, 2.75) is 51.8 Å². The van der Waals surface area contributed by atoms with Gasteiger partial charge in [0.05, 0.1) is 16.6 Å². The summed E-state index contributed by atoms with van der Waals surface area (Å²) in [5, 5.41) is 5.17. The number of rotatable bonds is 4. The maximum atomic E-state index is 13.5. The van der Waals surface area contributed by atoms with Crippen LogP contribution in [0.2, 0.25) is 0 Å². The first-order valence-electron chi connectivity index (χ1n) is 10.1. The number of carbonyl (C=O) groups excluding carboxylic acids is 1. The van der Waals surface area contributed by atoms with Gasteiger partial charge >= 0.3 is 5.97 Å². The Kier molecular flexibility index (Phi) is 5.66. The molecule has 0 spiro atoms. The third-order valence-corrected chi connectivity index (χ3v) is 5.82. The normalized spacial score (nSPS) is 15.8. The molecule has 3 heterocycles. The molecule has 8 heteroatoms. The van der Waals surface area contributed by atoms with Crippen LogP contribution in [0.1, 0.15) is 44.5 Å². The van der Waals surface area contributed by atoms with Crippen molar-refractivity contribution in [3.8, 4) is 10.7 Å². The van der Waals surface area contributed by atoms with E-state index in [2.05, 4.69) is 5.32 Å². The lowest BCUT2D eigenvalue weighted by Gasteiger charge is -2.28. The fourth-order valence-corrected chi connectivity index (χ4v) is 4.36. The summed E-state index contributed by atoms with van der Waals surface area (Å²) in [5.74, 6) is -0.339. The van der Waals surface area contributed by atoms with Gasteiger partial charge in [0.15, 0.2) is 5.82 Å². The minimum absolute atomic E-state index is 0.134. The number of aryl methyl sites for hydroxylation is 1. The Morgan fingerprint density at radius 2 is 2.03 bits per heavy atom. The standard InChI is InChI=1S/C23H24FN3O3S/c1-23(2,3)30-19(28)13-27-21(18-5-4-12-31-18)26-17-11-10-16(25-20(17)22(27)29)14-6-8-15(24)9-7-14/h4-9,12,16,25H,10-11,13H2,1-3H3/t16-/m0/s1. The molecule has 4 rings (SSSR count). The van der Waals surface area contributed by atoms with Gasteiger partial charge in [-0.1, -0.05) is 18.2 Å². The molecule has 1 aromatic carbocycles. The van der Waals surface area contributed by atoms with E-state index in [0.29, 0.717) is 23.6 Å². The van der Waals surface area contributed by atoms with E-state index in [1.807, 2.05) is 17.5 Å². The zero-order chi connectivity index (χ0) is 22.2. The Morgan fingerprint density at radius 3 is 2.68 bits per heavy atom. The number of hydrogen-bond acceptors (Lipinski definition) is 6. The number of ether oxygens (including phenoxy) is 1. The van der Waals surface area contributed by atoms with Crippen molar-refractivity contribution in [1.29, 1.82) is 0 Å². The van der Waals surface area contributed by atoms with Gasteiger partial charge < -0.3 is 10.1 Å². The second-order valence-electron chi connectivity index (χ2n) is 8.50. The second-order valence-corrected chi connectivity index (χ2v) is 9.45. The Labute approximate surface area is 183 Å². The first-order valence-corrected chi connectivity index (χ1v) is 11.0. The number of fused-ring (bicyclic) bond motifs is 1. The Bertz CT molecular complexity index is 1150. The Hall–Kier alpha value is -3.00. The molecule has 2 aromatic heterocycles. The number of halogens is 1. The summed E-state index contributed by atoms with van der Waals surface area (Å²) in [6.45, 7) is 5.13. The number of carbonyl (C=O) groups is 1. The van der Waals surface area contributed by atoms with Gasteiger partial charge in [-0.2, -0.15) is 0 Å². The number of aromatic nitrogens is 2. The molecular formula is C23H24FN3O3S. The molecule has 162 valence electrons. The van der Waals surface area contributed by atoms with Gasteiger partial charge in [-0.3, -0.25) is 14.2 Å². The molecule has 1 aliphatic rings. The van der Waals surface area contributed by atoms with Crippen LogP contribution < -0.4 is 10.9 Å². The van der Waals surface area contributed by atoms with Crippen LogP contribution in [0.5, 0.6) is 0 Å². The second kappa shape index (κ2) is 8.26. The molecule has 0 aliphatic carbocycles. The molecule has 0 bridgehead atoms. The Morgan fingerprint density at radius 1 is 1.29 bits per heavy atom. The number of nitrogens with one attached hydrogen (secondary N) is 1. The largest absolute Gasteiger partial charge is 0.459 e. The lowest BCUT2D eigenvalue weighted by molar-refractivity contribution is -0.155. The van der Waals surface area contributed by atoms with Crippen molar-refractivity contribution in [1.82, 2.24) is 9.55 Å². The predicted octanol–water partition coefficient (Wildman–Crippen LogP) is 4.55. The van der Waals surface area contributed by atoms with Crippen LogP contribution in [0.25, 0.3) is 10.7 Å². The SMILES string of the molecule is CC(C)(C)OC(=O)Cn1c(-c2cccs2)nc2c(c1=O)N[C@H](c1ccc(F)cc1)CC2. The minimum atomic E-state index is -0.655. The smallest absolute Gasteiger partial charge is 0.326 e. The predicted molar refractivity (Wildman–Crippen MR) is 119 cm³/mol. The van der Waals surface area contributed by atoms with E-state index in [1.165, 1.54) is 28.0 Å². The lowest BCUT2D eigenvalue weighted by atomic mass is 9.96. The van der Waals surface area contributed by atoms with Gasteiger partial charge in [0.25, 0.3) is 5.56 Å². The average molecular weight is 442 g/mol. The third kappa shape index (κ3) is 4.69. The van der Waals surface area contributed by atoms with E-state index < -0.39 is 11.6 Å². The van der Waals surface area contributed by atoms with Crippen LogP contribution in [0.3, 0.4) is 0 Å². The summed E-state index contributed by atoms with van der Waals surface area (Å²) >= 11 is 1.46. The molecule has 1 atom stereocenters. The fourth-order valence-electron chi connectivity index (χ4n) is 3.64. The number of thiophene rings is 1. The van der Waals surface area contributed by atoms with Gasteiger partial charge in [0, 0.05) is 0 Å². The average Bonchev–Trinajstić information content (AvgIpc) is 3.23. The summed E-state index contributed by atoms with van der Waals surface area (Å²) in [6.07, 6.45) is 1.33. The van der Waals surface area contributed by atoms with Crippen LogP contribution in [-0.2, 0) is 22.5 Å². The zero-order valence-corrected chi connectivity index (χ0v) is 18.5. The molecule has 0 radical (unpaired) electrons. The number of nitrogens with zero attached hydrogens (tertiary/aromatic N) is 2. The maximum Gasteiger partial charge on any atom is 0.326 e. The van der Waals surface area contributed by atoms with E-state index in [4.69, 9.17) is 9.72 Å². The number of esters is 1. The minimum Gasteiger partial charge on any atom is -0.459 e. The van der Waals surface area contributed by atoms with E-state index >= 15 is 0 Å². The fraction of sp³-hybridized carbons (Fsp3) is 0.348. The highest BCUT2D eigenvalue weighted by atomic mass is 32.1. The monoisotopic (exact) mass is 441 g/mol. The van der Waals surface area contributed by atoms with Gasteiger partial charge in [-0.25, -0.2) is 9.37 Å². The summed E-state index contributed by atoms with van der Waals surface area (Å²) in [7, 11) is 0. The van der Waals surface area contributed by atoms with E-state index in [0.717, 1.165) is 16.9 Å². The van der Waals surface area contributed by atoms with Crippen LogP contribution >= 0.6 is 11.3 Å². The van der Waals surface area contributed by atoms with E-state index in [-0.39, 0.29) is 24.0 Å². The summed E-state index contributed by atoms with van der Waals surface area (Å²) in [5.41, 5.74) is 0.979. The van der Waals surface area contributed by atoms with Crippen LogP contribution in [0.15, 0.2) is 46.6 Å². The topological polar surface area (TPSA) is 73.2 Å². The number of hydrogen-bond donors (Lipinski definition) is 1. The van der Waals surface area contributed by atoms with Gasteiger partial charge in [0.2, 0.25) is 0 Å². The van der Waals surface area contributed by atoms with Crippen molar-refractivity contribution in [2.75, 3.05) is 5.32 Å². The molecule has 3 aromatic rings. The molecule has 0 amide bonds. The van der Waals surface area contributed by atoms with Crippen LogP contribution in [0.4, 0.5) is 10.1 Å². The molecule has 0 saturated carbocycles. The van der Waals surface area contributed by atoms with Crippen molar-refractivity contribution in [3.05, 3.63) is 69.2 Å². The zero-order valence-electron chi connectivity index (χ0n) is 17.6. The third-order valence-electron chi connectivity index (χ3n) is 4.95. The van der Waals surface area contributed by atoms with Crippen LogP contribution in [0, 0.1) is 5.82 Å². The molecule has 31 heavy (non-hydrogen) atoms. The Balaban J connectivity index is 1.73. The van der Waals surface area contributed by atoms with Gasteiger partial charge in [-0.15, -0.1) is 11.3 Å². The summed E-state index contributed by atoms with van der Waals surface area (Å²) < 4.78 is 20.1. The maximum absolute atomic E-state index is 13.5. The quantitative estimate of drug-likeness (QED) is 0.601. The van der Waals surface area contributed by atoms with Crippen molar-refractivity contribution in [3.63, 3.8) is 0 Å². The molecule has 0 saturated heterocycles. The van der Waals surface area contributed by atoms with Gasteiger partial charge in [0.1, 0.15) is 23.7 Å². The highest BCUT2D eigenvalue weighted by molar-refractivity contribution is 7.13. The van der Waals surface area contributed by atoms with Crippen molar-refractivity contribution >= 4 is 23.0 Å². The molecule has 0 fully saturated rings. The summed E-state index contributed by atoms with van der Waals surface area (Å²) in [6, 6.07) is 9.87. The van der Waals surface area contributed by atoms with Crippen molar-refractivity contribution in [2.24, 2.45) is 0 Å². The molecule has 6 nitrogen and oxygen atoms in total.